The van der Waals surface area contributed by atoms with E-state index in [0.29, 0.717) is 12.1 Å². The summed E-state index contributed by atoms with van der Waals surface area (Å²) < 4.78 is 2.35. The second-order valence-electron chi connectivity index (χ2n) is 5.74. The standard InChI is InChI=1S/C14H24N4/c1-2-6-10-15-13(9-3-1)14-17-16-11-18(14)12-7-4-5-8-12/h11-13,15H,1-10H2. The summed E-state index contributed by atoms with van der Waals surface area (Å²) in [5.41, 5.74) is 0. The Kier molecular flexibility index (Phi) is 3.93. The number of nitrogens with zero attached hydrogens (tertiary/aromatic N) is 3. The van der Waals surface area contributed by atoms with Crippen LogP contribution in [-0.4, -0.2) is 21.3 Å². The van der Waals surface area contributed by atoms with Crippen LogP contribution in [0.5, 0.6) is 0 Å². The van der Waals surface area contributed by atoms with Gasteiger partial charge in [0.15, 0.2) is 0 Å². The van der Waals surface area contributed by atoms with Crippen LogP contribution in [0.4, 0.5) is 0 Å². The predicted molar refractivity (Wildman–Crippen MR) is 71.4 cm³/mol. The molecule has 1 aliphatic heterocycles. The Hall–Kier alpha value is -0.900. The molecular formula is C14H24N4. The van der Waals surface area contributed by atoms with E-state index >= 15 is 0 Å². The van der Waals surface area contributed by atoms with Crippen molar-refractivity contribution >= 4 is 0 Å². The molecule has 4 heteroatoms. The van der Waals surface area contributed by atoms with Gasteiger partial charge < -0.3 is 9.88 Å². The molecule has 0 spiro atoms. The molecule has 1 atom stereocenters. The zero-order chi connectivity index (χ0) is 12.2. The molecule has 0 bridgehead atoms. The lowest BCUT2D eigenvalue weighted by Gasteiger charge is -2.23. The fourth-order valence-electron chi connectivity index (χ4n) is 3.39. The van der Waals surface area contributed by atoms with Crippen LogP contribution >= 0.6 is 0 Å². The summed E-state index contributed by atoms with van der Waals surface area (Å²) in [4.78, 5) is 0. The van der Waals surface area contributed by atoms with E-state index in [1.165, 1.54) is 63.6 Å². The van der Waals surface area contributed by atoms with E-state index in [2.05, 4.69) is 20.1 Å². The highest BCUT2D eigenvalue weighted by Crippen LogP contribution is 2.32. The molecule has 1 aromatic rings. The minimum absolute atomic E-state index is 0.424. The molecule has 2 fully saturated rings. The van der Waals surface area contributed by atoms with Gasteiger partial charge in [0.1, 0.15) is 12.2 Å². The number of nitrogens with one attached hydrogen (secondary N) is 1. The molecule has 0 amide bonds. The first-order valence-electron chi connectivity index (χ1n) is 7.58. The summed E-state index contributed by atoms with van der Waals surface area (Å²) in [6.07, 6.45) is 13.8. The first kappa shape index (κ1) is 12.2. The van der Waals surface area contributed by atoms with E-state index in [4.69, 9.17) is 0 Å². The van der Waals surface area contributed by atoms with Gasteiger partial charge in [0, 0.05) is 6.04 Å². The molecule has 0 radical (unpaired) electrons. The zero-order valence-electron chi connectivity index (χ0n) is 11.1. The average Bonchev–Trinajstić information content (AvgIpc) is 2.98. The summed E-state index contributed by atoms with van der Waals surface area (Å²) >= 11 is 0. The van der Waals surface area contributed by atoms with Gasteiger partial charge in [-0.2, -0.15) is 0 Å². The quantitative estimate of drug-likeness (QED) is 0.875. The van der Waals surface area contributed by atoms with E-state index in [-0.39, 0.29) is 0 Å². The molecule has 2 heterocycles. The topological polar surface area (TPSA) is 42.7 Å². The van der Waals surface area contributed by atoms with Gasteiger partial charge in [0.2, 0.25) is 0 Å². The van der Waals surface area contributed by atoms with Crippen LogP contribution in [0.25, 0.3) is 0 Å². The second kappa shape index (κ2) is 5.83. The van der Waals surface area contributed by atoms with Crippen LogP contribution in [-0.2, 0) is 0 Å². The molecule has 3 rings (SSSR count). The number of aromatic nitrogens is 3. The van der Waals surface area contributed by atoms with Gasteiger partial charge in [-0.15, -0.1) is 10.2 Å². The summed E-state index contributed by atoms with van der Waals surface area (Å²) in [6, 6.07) is 1.08. The summed E-state index contributed by atoms with van der Waals surface area (Å²) in [7, 11) is 0. The fraction of sp³-hybridized carbons (Fsp3) is 0.857. The molecule has 1 aliphatic carbocycles. The van der Waals surface area contributed by atoms with E-state index in [1.807, 2.05) is 6.33 Å². The molecular weight excluding hydrogens is 224 g/mol. The van der Waals surface area contributed by atoms with Gasteiger partial charge >= 0.3 is 0 Å². The lowest BCUT2D eigenvalue weighted by Crippen LogP contribution is -2.27. The number of hydrogen-bond acceptors (Lipinski definition) is 3. The fourth-order valence-corrected chi connectivity index (χ4v) is 3.39. The van der Waals surface area contributed by atoms with Crippen LogP contribution in [0.3, 0.4) is 0 Å². The van der Waals surface area contributed by atoms with Crippen molar-refractivity contribution in [2.24, 2.45) is 0 Å². The molecule has 100 valence electrons. The van der Waals surface area contributed by atoms with Crippen molar-refractivity contribution in [3.63, 3.8) is 0 Å². The number of rotatable bonds is 2. The van der Waals surface area contributed by atoms with Crippen molar-refractivity contribution in [1.82, 2.24) is 20.1 Å². The average molecular weight is 248 g/mol. The normalized spacial score (nSPS) is 27.0. The summed E-state index contributed by atoms with van der Waals surface area (Å²) in [5, 5.41) is 12.2. The van der Waals surface area contributed by atoms with E-state index in [1.54, 1.807) is 0 Å². The SMILES string of the molecule is c1nnc(C2CCCCCCN2)n1C1CCCC1. The van der Waals surface area contributed by atoms with Gasteiger partial charge in [-0.3, -0.25) is 0 Å². The van der Waals surface area contributed by atoms with Crippen molar-refractivity contribution in [1.29, 1.82) is 0 Å². The Morgan fingerprint density at radius 3 is 2.67 bits per heavy atom. The Bertz CT molecular complexity index is 360. The highest BCUT2D eigenvalue weighted by Gasteiger charge is 2.24. The minimum Gasteiger partial charge on any atom is -0.313 e. The van der Waals surface area contributed by atoms with Crippen molar-refractivity contribution in [2.75, 3.05) is 6.54 Å². The van der Waals surface area contributed by atoms with E-state index < -0.39 is 0 Å². The van der Waals surface area contributed by atoms with Crippen molar-refractivity contribution in [3.8, 4) is 0 Å². The highest BCUT2D eigenvalue weighted by atomic mass is 15.3. The maximum absolute atomic E-state index is 4.41. The number of hydrogen-bond donors (Lipinski definition) is 1. The molecule has 1 saturated heterocycles. The lowest BCUT2D eigenvalue weighted by molar-refractivity contribution is 0.384. The molecule has 1 unspecified atom stereocenters. The Balaban J connectivity index is 1.75. The van der Waals surface area contributed by atoms with Crippen molar-refractivity contribution < 1.29 is 0 Å². The van der Waals surface area contributed by atoms with Crippen LogP contribution in [0.15, 0.2) is 6.33 Å². The molecule has 1 aromatic heterocycles. The third kappa shape index (κ3) is 2.58. The maximum atomic E-state index is 4.41. The van der Waals surface area contributed by atoms with E-state index in [9.17, 15) is 0 Å². The van der Waals surface area contributed by atoms with Gasteiger partial charge in [-0.25, -0.2) is 0 Å². The van der Waals surface area contributed by atoms with Crippen LogP contribution < -0.4 is 5.32 Å². The highest BCUT2D eigenvalue weighted by molar-refractivity contribution is 4.98. The predicted octanol–water partition coefficient (Wildman–Crippen LogP) is 2.99. The molecule has 2 aliphatic rings. The molecule has 0 aromatic carbocycles. The van der Waals surface area contributed by atoms with Gasteiger partial charge in [-0.05, 0) is 32.2 Å². The Morgan fingerprint density at radius 2 is 1.78 bits per heavy atom. The molecule has 1 saturated carbocycles. The molecule has 1 N–H and O–H groups in total. The lowest BCUT2D eigenvalue weighted by atomic mass is 10.0. The minimum atomic E-state index is 0.424. The Labute approximate surface area is 109 Å². The summed E-state index contributed by atoms with van der Waals surface area (Å²) in [6.45, 7) is 1.13. The first-order chi connectivity index (χ1) is 8.95. The van der Waals surface area contributed by atoms with Crippen LogP contribution in [0.1, 0.15) is 75.7 Å². The third-order valence-corrected chi connectivity index (χ3v) is 4.44. The summed E-state index contributed by atoms with van der Waals surface area (Å²) in [5.74, 6) is 1.18. The Morgan fingerprint density at radius 1 is 1.00 bits per heavy atom. The molecule has 4 nitrogen and oxygen atoms in total. The van der Waals surface area contributed by atoms with Crippen molar-refractivity contribution in [2.45, 2.75) is 69.9 Å². The maximum Gasteiger partial charge on any atom is 0.150 e. The second-order valence-corrected chi connectivity index (χ2v) is 5.74. The van der Waals surface area contributed by atoms with Gasteiger partial charge in [0.25, 0.3) is 0 Å². The van der Waals surface area contributed by atoms with Gasteiger partial charge in [-0.1, -0.05) is 32.1 Å². The smallest absolute Gasteiger partial charge is 0.150 e. The van der Waals surface area contributed by atoms with E-state index in [0.717, 1.165) is 6.54 Å². The van der Waals surface area contributed by atoms with Crippen molar-refractivity contribution in [3.05, 3.63) is 12.2 Å². The van der Waals surface area contributed by atoms with Crippen LogP contribution in [0.2, 0.25) is 0 Å². The zero-order valence-corrected chi connectivity index (χ0v) is 11.1. The third-order valence-electron chi connectivity index (χ3n) is 4.44. The monoisotopic (exact) mass is 248 g/mol. The van der Waals surface area contributed by atoms with Crippen LogP contribution in [0, 0.1) is 0 Å². The van der Waals surface area contributed by atoms with Gasteiger partial charge in [0.05, 0.1) is 6.04 Å². The largest absolute Gasteiger partial charge is 0.313 e. The first-order valence-corrected chi connectivity index (χ1v) is 7.58. The molecule has 18 heavy (non-hydrogen) atoms.